The van der Waals surface area contributed by atoms with E-state index in [1.165, 1.54) is 6.20 Å². The number of aromatic nitrogens is 1. The molecule has 1 heterocycles. The van der Waals surface area contributed by atoms with Gasteiger partial charge < -0.3 is 15.7 Å². The molecule has 3 N–H and O–H groups in total. The quantitative estimate of drug-likeness (QED) is 0.781. The van der Waals surface area contributed by atoms with Crippen LogP contribution in [0.1, 0.15) is 19.4 Å². The van der Waals surface area contributed by atoms with Gasteiger partial charge in [0.25, 0.3) is 0 Å². The number of aliphatic hydroxyl groups excluding tert-OH is 1. The molecule has 5 nitrogen and oxygen atoms in total. The van der Waals surface area contributed by atoms with Crippen LogP contribution in [0.4, 0.5) is 11.5 Å². The fourth-order valence-electron chi connectivity index (χ4n) is 1.50. The molecule has 0 unspecified atom stereocenters. The molecule has 86 valence electrons. The van der Waals surface area contributed by atoms with Crippen molar-refractivity contribution < 1.29 is 5.11 Å². The standard InChI is InChI=1S/C11H16N4O/c1-8(2)15(3-4-16)11-9(6-12)5-10(13)7-14-11/h5,7-8,16H,3-4,13H2,1-2H3. The number of hydrogen-bond acceptors (Lipinski definition) is 5. The first-order valence-electron chi connectivity index (χ1n) is 5.13. The van der Waals surface area contributed by atoms with Gasteiger partial charge in [-0.15, -0.1) is 0 Å². The zero-order valence-electron chi connectivity index (χ0n) is 9.51. The van der Waals surface area contributed by atoms with Crippen LogP contribution in [-0.4, -0.2) is 29.3 Å². The molecular weight excluding hydrogens is 204 g/mol. The Morgan fingerprint density at radius 1 is 1.62 bits per heavy atom. The van der Waals surface area contributed by atoms with Gasteiger partial charge in [-0.25, -0.2) is 4.98 Å². The van der Waals surface area contributed by atoms with Gasteiger partial charge in [0.05, 0.1) is 24.1 Å². The first-order valence-corrected chi connectivity index (χ1v) is 5.13. The van der Waals surface area contributed by atoms with Crippen molar-refractivity contribution in [2.24, 2.45) is 0 Å². The summed E-state index contributed by atoms with van der Waals surface area (Å²) in [6, 6.07) is 3.82. The van der Waals surface area contributed by atoms with Gasteiger partial charge in [-0.2, -0.15) is 5.26 Å². The van der Waals surface area contributed by atoms with Gasteiger partial charge in [-0.1, -0.05) is 0 Å². The molecule has 1 rings (SSSR count). The second kappa shape index (κ2) is 5.33. The zero-order chi connectivity index (χ0) is 12.1. The van der Waals surface area contributed by atoms with E-state index < -0.39 is 0 Å². The average Bonchev–Trinajstić information content (AvgIpc) is 2.26. The Kier molecular flexibility index (Phi) is 4.09. The number of rotatable bonds is 4. The van der Waals surface area contributed by atoms with Crippen LogP contribution < -0.4 is 10.6 Å². The van der Waals surface area contributed by atoms with Crippen LogP contribution >= 0.6 is 0 Å². The predicted octanol–water partition coefficient (Wildman–Crippen LogP) is 0.743. The van der Waals surface area contributed by atoms with Crippen molar-refractivity contribution in [1.82, 2.24) is 4.98 Å². The molecule has 0 aliphatic heterocycles. The maximum Gasteiger partial charge on any atom is 0.146 e. The van der Waals surface area contributed by atoms with Crippen LogP contribution in [-0.2, 0) is 0 Å². The number of nitriles is 1. The normalized spacial score (nSPS) is 10.2. The molecule has 0 amide bonds. The smallest absolute Gasteiger partial charge is 0.146 e. The molecule has 0 bridgehead atoms. The van der Waals surface area contributed by atoms with Gasteiger partial charge in [-0.05, 0) is 19.9 Å². The molecule has 0 spiro atoms. The van der Waals surface area contributed by atoms with Gasteiger partial charge in [0.2, 0.25) is 0 Å². The summed E-state index contributed by atoms with van der Waals surface area (Å²) >= 11 is 0. The van der Waals surface area contributed by atoms with Gasteiger partial charge in [0.15, 0.2) is 0 Å². The monoisotopic (exact) mass is 220 g/mol. The fraction of sp³-hybridized carbons (Fsp3) is 0.455. The van der Waals surface area contributed by atoms with Crippen LogP contribution in [0.15, 0.2) is 12.3 Å². The third kappa shape index (κ3) is 2.61. The van der Waals surface area contributed by atoms with Crippen molar-refractivity contribution in [2.75, 3.05) is 23.8 Å². The zero-order valence-corrected chi connectivity index (χ0v) is 9.51. The summed E-state index contributed by atoms with van der Waals surface area (Å²) in [6.45, 7) is 4.43. The van der Waals surface area contributed by atoms with E-state index in [4.69, 9.17) is 16.1 Å². The minimum Gasteiger partial charge on any atom is -0.397 e. The Morgan fingerprint density at radius 3 is 2.81 bits per heavy atom. The number of nitrogens with two attached hydrogens (primary N) is 1. The third-order valence-corrected chi connectivity index (χ3v) is 2.24. The Bertz CT molecular complexity index is 397. The summed E-state index contributed by atoms with van der Waals surface area (Å²) in [5, 5.41) is 18.0. The predicted molar refractivity (Wildman–Crippen MR) is 62.9 cm³/mol. The van der Waals surface area contributed by atoms with Crippen LogP contribution in [0.5, 0.6) is 0 Å². The number of nitrogen functional groups attached to an aromatic ring is 1. The van der Waals surface area contributed by atoms with E-state index in [9.17, 15) is 0 Å². The third-order valence-electron chi connectivity index (χ3n) is 2.24. The first kappa shape index (κ1) is 12.3. The van der Waals surface area contributed by atoms with E-state index in [0.29, 0.717) is 23.6 Å². The summed E-state index contributed by atoms with van der Waals surface area (Å²) in [4.78, 5) is 6.03. The van der Waals surface area contributed by atoms with Crippen molar-refractivity contribution in [2.45, 2.75) is 19.9 Å². The molecule has 1 aromatic heterocycles. The van der Waals surface area contributed by atoms with Crippen LogP contribution in [0.2, 0.25) is 0 Å². The van der Waals surface area contributed by atoms with Crippen LogP contribution in [0.3, 0.4) is 0 Å². The highest BCUT2D eigenvalue weighted by molar-refractivity contribution is 5.59. The van der Waals surface area contributed by atoms with Gasteiger partial charge in [0, 0.05) is 12.6 Å². The minimum atomic E-state index is 0.0229. The number of hydrogen-bond donors (Lipinski definition) is 2. The number of aliphatic hydroxyl groups is 1. The van der Waals surface area contributed by atoms with Crippen molar-refractivity contribution in [3.63, 3.8) is 0 Å². The lowest BCUT2D eigenvalue weighted by Gasteiger charge is -2.27. The van der Waals surface area contributed by atoms with E-state index in [1.54, 1.807) is 6.07 Å². The van der Waals surface area contributed by atoms with Crippen LogP contribution in [0.25, 0.3) is 0 Å². The molecule has 0 saturated heterocycles. The molecule has 0 fully saturated rings. The highest BCUT2D eigenvalue weighted by atomic mass is 16.3. The Labute approximate surface area is 95.1 Å². The second-order valence-corrected chi connectivity index (χ2v) is 3.76. The van der Waals surface area contributed by atoms with E-state index >= 15 is 0 Å². The summed E-state index contributed by atoms with van der Waals surface area (Å²) in [7, 11) is 0. The summed E-state index contributed by atoms with van der Waals surface area (Å²) in [5.74, 6) is 0.570. The molecule has 1 aromatic rings. The molecule has 0 atom stereocenters. The Balaban J connectivity index is 3.14. The van der Waals surface area contributed by atoms with E-state index in [0.717, 1.165) is 0 Å². The van der Waals surface area contributed by atoms with Gasteiger partial charge in [-0.3, -0.25) is 0 Å². The van der Waals surface area contributed by atoms with Crippen molar-refractivity contribution in [3.8, 4) is 6.07 Å². The van der Waals surface area contributed by atoms with Gasteiger partial charge in [0.1, 0.15) is 11.9 Å². The van der Waals surface area contributed by atoms with Crippen molar-refractivity contribution >= 4 is 11.5 Å². The van der Waals surface area contributed by atoms with E-state index in [1.807, 2.05) is 18.7 Å². The topological polar surface area (TPSA) is 86.2 Å². The fourth-order valence-corrected chi connectivity index (χ4v) is 1.50. The SMILES string of the molecule is CC(C)N(CCO)c1ncc(N)cc1C#N. The molecule has 0 radical (unpaired) electrons. The minimum absolute atomic E-state index is 0.0229. The molecule has 0 aromatic carbocycles. The average molecular weight is 220 g/mol. The van der Waals surface area contributed by atoms with Crippen molar-refractivity contribution in [3.05, 3.63) is 17.8 Å². The van der Waals surface area contributed by atoms with E-state index in [2.05, 4.69) is 11.1 Å². The van der Waals surface area contributed by atoms with E-state index in [-0.39, 0.29) is 12.6 Å². The maximum atomic E-state index is 9.01. The lowest BCUT2D eigenvalue weighted by atomic mass is 10.2. The molecule has 16 heavy (non-hydrogen) atoms. The molecule has 0 aliphatic carbocycles. The summed E-state index contributed by atoms with van der Waals surface area (Å²) in [6.07, 6.45) is 1.52. The lowest BCUT2D eigenvalue weighted by Crippen LogP contribution is -2.34. The molecule has 0 saturated carbocycles. The highest BCUT2D eigenvalue weighted by Gasteiger charge is 2.15. The summed E-state index contributed by atoms with van der Waals surface area (Å²) < 4.78 is 0. The number of pyridine rings is 1. The van der Waals surface area contributed by atoms with Crippen molar-refractivity contribution in [1.29, 1.82) is 5.26 Å². The Morgan fingerprint density at radius 2 is 2.31 bits per heavy atom. The number of anilines is 2. The molecular formula is C11H16N4O. The van der Waals surface area contributed by atoms with Gasteiger partial charge >= 0.3 is 0 Å². The lowest BCUT2D eigenvalue weighted by molar-refractivity contribution is 0.298. The molecule has 0 aliphatic rings. The highest BCUT2D eigenvalue weighted by Crippen LogP contribution is 2.20. The maximum absolute atomic E-state index is 9.01. The molecule has 5 heteroatoms. The first-order chi connectivity index (χ1) is 7.60. The summed E-state index contributed by atoms with van der Waals surface area (Å²) in [5.41, 5.74) is 6.47. The largest absolute Gasteiger partial charge is 0.397 e. The second-order valence-electron chi connectivity index (χ2n) is 3.76. The number of nitrogens with zero attached hydrogens (tertiary/aromatic N) is 3. The van der Waals surface area contributed by atoms with Crippen LogP contribution in [0, 0.1) is 11.3 Å². The Hall–Kier alpha value is -1.80.